The molecule has 2 rings (SSSR count). The third kappa shape index (κ3) is 5.91. The second kappa shape index (κ2) is 9.60. The van der Waals surface area contributed by atoms with Gasteiger partial charge in [0.25, 0.3) is 0 Å². The quantitative estimate of drug-likeness (QED) is 0.341. The molecule has 2 N–H and O–H groups in total. The van der Waals surface area contributed by atoms with Crippen LogP contribution in [-0.2, 0) is 9.59 Å². The molecule has 0 atom stereocenters. The van der Waals surface area contributed by atoms with Crippen molar-refractivity contribution in [2.75, 3.05) is 11.9 Å². The van der Waals surface area contributed by atoms with Crippen LogP contribution >= 0.6 is 23.2 Å². The molecule has 0 radical (unpaired) electrons. The molecule has 0 aliphatic heterocycles. The average Bonchev–Trinajstić information content (AvgIpc) is 2.64. The van der Waals surface area contributed by atoms with Gasteiger partial charge < -0.3 is 10.1 Å². The van der Waals surface area contributed by atoms with Gasteiger partial charge in [0, 0.05) is 5.69 Å². The lowest BCUT2D eigenvalue weighted by Gasteiger charge is -2.05. The minimum atomic E-state index is -0.918. The molecule has 0 aliphatic rings. The van der Waals surface area contributed by atoms with Crippen molar-refractivity contribution in [3.63, 3.8) is 0 Å². The van der Waals surface area contributed by atoms with E-state index in [9.17, 15) is 9.59 Å². The maximum absolute atomic E-state index is 11.8. The fourth-order valence-corrected chi connectivity index (χ4v) is 2.08. The zero-order chi connectivity index (χ0) is 18.9. The summed E-state index contributed by atoms with van der Waals surface area (Å²) in [5.41, 5.74) is 3.21. The van der Waals surface area contributed by atoms with Gasteiger partial charge in [-0.15, -0.1) is 0 Å². The first-order valence-corrected chi connectivity index (χ1v) is 8.18. The van der Waals surface area contributed by atoms with E-state index in [4.69, 9.17) is 27.9 Å². The van der Waals surface area contributed by atoms with Gasteiger partial charge in [-0.2, -0.15) is 5.10 Å². The number of carbonyl (C=O) groups is 2. The predicted molar refractivity (Wildman–Crippen MR) is 103 cm³/mol. The Morgan fingerprint density at radius 3 is 2.46 bits per heavy atom. The largest absolute Gasteiger partial charge is 0.490 e. The van der Waals surface area contributed by atoms with E-state index >= 15 is 0 Å². The Morgan fingerprint density at radius 1 is 1.08 bits per heavy atom. The molecule has 0 spiro atoms. The second-order valence-electron chi connectivity index (χ2n) is 4.95. The monoisotopic (exact) mass is 391 g/mol. The summed E-state index contributed by atoms with van der Waals surface area (Å²) in [7, 11) is 0. The smallest absolute Gasteiger partial charge is 0.329 e. The number of ether oxygens (including phenoxy) is 1. The van der Waals surface area contributed by atoms with Crippen molar-refractivity contribution in [3.8, 4) is 5.75 Å². The fraction of sp³-hybridized carbons (Fsp3) is 0.0556. The molecule has 2 aromatic rings. The molecule has 0 bridgehead atoms. The molecular weight excluding hydrogens is 377 g/mol. The van der Waals surface area contributed by atoms with Crippen LogP contribution in [-0.4, -0.2) is 24.6 Å². The number of nitrogens with one attached hydrogen (secondary N) is 2. The standard InChI is InChI=1S/C18H15Cl2N3O3/c1-2-9-26-14-6-3-12(4-7-14)11-21-23-18(25)17(24)22-13-5-8-15(19)16(20)10-13/h2-8,10-11H,1,9H2,(H,22,24)(H,23,25). The Labute approximate surface area is 160 Å². The molecule has 134 valence electrons. The molecule has 8 heteroatoms. The van der Waals surface area contributed by atoms with Gasteiger partial charge in [0.05, 0.1) is 16.3 Å². The van der Waals surface area contributed by atoms with E-state index in [1.54, 1.807) is 30.3 Å². The van der Waals surface area contributed by atoms with Gasteiger partial charge in [0.2, 0.25) is 0 Å². The molecule has 26 heavy (non-hydrogen) atoms. The van der Waals surface area contributed by atoms with Crippen LogP contribution in [0.5, 0.6) is 5.75 Å². The van der Waals surface area contributed by atoms with Gasteiger partial charge in [0.15, 0.2) is 0 Å². The number of halogens is 2. The van der Waals surface area contributed by atoms with Gasteiger partial charge in [-0.1, -0.05) is 35.9 Å². The fourth-order valence-electron chi connectivity index (χ4n) is 1.78. The lowest BCUT2D eigenvalue weighted by molar-refractivity contribution is -0.136. The highest BCUT2D eigenvalue weighted by Gasteiger charge is 2.13. The summed E-state index contributed by atoms with van der Waals surface area (Å²) in [5, 5.41) is 6.74. The number of hydrogen-bond donors (Lipinski definition) is 2. The Kier molecular flexibility index (Phi) is 7.20. The van der Waals surface area contributed by atoms with Gasteiger partial charge in [0.1, 0.15) is 12.4 Å². The number of nitrogens with zero attached hydrogens (tertiary/aromatic N) is 1. The summed E-state index contributed by atoms with van der Waals surface area (Å²) in [4.78, 5) is 23.5. The van der Waals surface area contributed by atoms with Gasteiger partial charge >= 0.3 is 11.8 Å². The molecular formula is C18H15Cl2N3O3. The number of benzene rings is 2. The van der Waals surface area contributed by atoms with E-state index in [0.29, 0.717) is 23.1 Å². The maximum Gasteiger partial charge on any atom is 0.329 e. The lowest BCUT2D eigenvalue weighted by Crippen LogP contribution is -2.32. The molecule has 0 fully saturated rings. The van der Waals surface area contributed by atoms with E-state index in [0.717, 1.165) is 5.56 Å². The van der Waals surface area contributed by atoms with Crippen LogP contribution in [0.1, 0.15) is 5.56 Å². The maximum atomic E-state index is 11.8. The van der Waals surface area contributed by atoms with Crippen molar-refractivity contribution in [3.05, 3.63) is 70.7 Å². The van der Waals surface area contributed by atoms with Crippen LogP contribution in [0.25, 0.3) is 0 Å². The number of hydrazone groups is 1. The first kappa shape index (κ1) is 19.5. The number of carbonyl (C=O) groups excluding carboxylic acids is 2. The van der Waals surface area contributed by atoms with E-state index in [1.165, 1.54) is 24.4 Å². The Morgan fingerprint density at radius 2 is 1.81 bits per heavy atom. The van der Waals surface area contributed by atoms with Crippen molar-refractivity contribution < 1.29 is 14.3 Å². The van der Waals surface area contributed by atoms with Crippen LogP contribution in [0.4, 0.5) is 5.69 Å². The van der Waals surface area contributed by atoms with Gasteiger partial charge in [-0.3, -0.25) is 9.59 Å². The van der Waals surface area contributed by atoms with Crippen molar-refractivity contribution in [1.82, 2.24) is 5.43 Å². The van der Waals surface area contributed by atoms with Crippen molar-refractivity contribution in [1.29, 1.82) is 0 Å². The molecule has 0 saturated carbocycles. The third-order valence-electron chi connectivity index (χ3n) is 3.01. The van der Waals surface area contributed by atoms with E-state index < -0.39 is 11.8 Å². The zero-order valence-electron chi connectivity index (χ0n) is 13.5. The zero-order valence-corrected chi connectivity index (χ0v) is 15.1. The van der Waals surface area contributed by atoms with E-state index in [1.807, 2.05) is 0 Å². The van der Waals surface area contributed by atoms with Crippen LogP contribution in [0.3, 0.4) is 0 Å². The van der Waals surface area contributed by atoms with Crippen LogP contribution < -0.4 is 15.5 Å². The van der Waals surface area contributed by atoms with E-state index in [-0.39, 0.29) is 5.02 Å². The summed E-state index contributed by atoms with van der Waals surface area (Å²) in [6.07, 6.45) is 3.05. The van der Waals surface area contributed by atoms with E-state index in [2.05, 4.69) is 22.4 Å². The molecule has 0 heterocycles. The van der Waals surface area contributed by atoms with Crippen LogP contribution in [0.2, 0.25) is 10.0 Å². The Bertz CT molecular complexity index is 836. The van der Waals surface area contributed by atoms with Gasteiger partial charge in [-0.25, -0.2) is 5.43 Å². The highest BCUT2D eigenvalue weighted by Crippen LogP contribution is 2.24. The number of amides is 2. The molecule has 0 aliphatic carbocycles. The minimum Gasteiger partial charge on any atom is -0.490 e. The SMILES string of the molecule is C=CCOc1ccc(C=NNC(=O)C(=O)Nc2ccc(Cl)c(Cl)c2)cc1. The summed E-state index contributed by atoms with van der Waals surface area (Å²) < 4.78 is 5.35. The van der Waals surface area contributed by atoms with Crippen molar-refractivity contribution in [2.24, 2.45) is 5.10 Å². The predicted octanol–water partition coefficient (Wildman–Crippen LogP) is 3.65. The Hall–Kier alpha value is -2.83. The number of rotatable bonds is 6. The van der Waals surface area contributed by atoms with Crippen molar-refractivity contribution >= 4 is 46.9 Å². The lowest BCUT2D eigenvalue weighted by atomic mass is 10.2. The molecule has 6 nitrogen and oxygen atoms in total. The molecule has 2 amide bonds. The summed E-state index contributed by atoms with van der Waals surface area (Å²) >= 11 is 11.6. The first-order chi connectivity index (χ1) is 12.5. The second-order valence-corrected chi connectivity index (χ2v) is 5.77. The third-order valence-corrected chi connectivity index (χ3v) is 3.75. The normalized spacial score (nSPS) is 10.4. The summed E-state index contributed by atoms with van der Waals surface area (Å²) in [6.45, 7) is 3.98. The topological polar surface area (TPSA) is 79.8 Å². The van der Waals surface area contributed by atoms with Crippen LogP contribution in [0, 0.1) is 0 Å². The molecule has 0 unspecified atom stereocenters. The summed E-state index contributed by atoms with van der Waals surface area (Å²) in [5.74, 6) is -1.11. The highest BCUT2D eigenvalue weighted by molar-refractivity contribution is 6.42. The molecule has 2 aromatic carbocycles. The molecule has 0 aromatic heterocycles. The first-order valence-electron chi connectivity index (χ1n) is 7.43. The Balaban J connectivity index is 1.86. The van der Waals surface area contributed by atoms with Gasteiger partial charge in [-0.05, 0) is 48.0 Å². The minimum absolute atomic E-state index is 0.267. The average molecular weight is 392 g/mol. The van der Waals surface area contributed by atoms with Crippen molar-refractivity contribution in [2.45, 2.75) is 0 Å². The number of hydrogen-bond acceptors (Lipinski definition) is 4. The van der Waals surface area contributed by atoms with Crippen LogP contribution in [0.15, 0.2) is 60.2 Å². The highest BCUT2D eigenvalue weighted by atomic mass is 35.5. The summed E-state index contributed by atoms with van der Waals surface area (Å²) in [6, 6.07) is 11.5. The molecule has 0 saturated heterocycles. The number of anilines is 1.